The predicted octanol–water partition coefficient (Wildman–Crippen LogP) is 3.97. The number of furan rings is 2. The molecular weight excluding hydrogens is 386 g/mol. The van der Waals surface area contributed by atoms with E-state index in [1.165, 1.54) is 0 Å². The van der Waals surface area contributed by atoms with Gasteiger partial charge in [0.1, 0.15) is 5.76 Å². The van der Waals surface area contributed by atoms with Crippen molar-refractivity contribution in [2.45, 2.75) is 19.9 Å². The molecule has 0 unspecified atom stereocenters. The Kier molecular flexibility index (Phi) is 4.39. The van der Waals surface area contributed by atoms with Crippen LogP contribution in [0.1, 0.15) is 39.9 Å². The lowest BCUT2D eigenvalue weighted by Crippen LogP contribution is -2.30. The minimum atomic E-state index is -0.634. The second kappa shape index (κ2) is 7.22. The van der Waals surface area contributed by atoms with Crippen LogP contribution in [0.15, 0.2) is 44.5 Å². The number of ether oxygens (including phenoxy) is 1. The van der Waals surface area contributed by atoms with Gasteiger partial charge in [-0.1, -0.05) is 0 Å². The van der Waals surface area contributed by atoms with Crippen molar-refractivity contribution in [3.63, 3.8) is 0 Å². The van der Waals surface area contributed by atoms with Crippen LogP contribution in [-0.2, 0) is 17.7 Å². The number of carbonyl (C=O) groups excluding carboxylic acids is 1. The third-order valence-electron chi connectivity index (χ3n) is 5.19. The van der Waals surface area contributed by atoms with Crippen molar-refractivity contribution in [2.75, 3.05) is 18.1 Å². The number of hydrogen-bond acceptors (Lipinski definition) is 8. The highest BCUT2D eigenvalue weighted by molar-refractivity contribution is 6.21. The molecule has 3 aromatic heterocycles. The average molecular weight is 405 g/mol. The summed E-state index contributed by atoms with van der Waals surface area (Å²) in [6.45, 7) is 2.96. The molecule has 0 radical (unpaired) electrons. The van der Waals surface area contributed by atoms with Crippen molar-refractivity contribution < 1.29 is 23.5 Å². The van der Waals surface area contributed by atoms with E-state index in [9.17, 15) is 9.90 Å². The van der Waals surface area contributed by atoms with E-state index in [-0.39, 0.29) is 29.6 Å². The lowest BCUT2D eigenvalue weighted by molar-refractivity contribution is 0.0523. The molecule has 5 heterocycles. The fourth-order valence-corrected chi connectivity index (χ4v) is 3.73. The molecule has 1 N–H and O–H groups in total. The number of esters is 1. The fourth-order valence-electron chi connectivity index (χ4n) is 3.73. The van der Waals surface area contributed by atoms with Gasteiger partial charge in [0, 0.05) is 30.1 Å². The first-order valence-electron chi connectivity index (χ1n) is 9.70. The second-order valence-corrected chi connectivity index (χ2v) is 6.99. The monoisotopic (exact) mass is 405 g/mol. The molecule has 5 rings (SSSR count). The Morgan fingerprint density at radius 1 is 1.40 bits per heavy atom. The van der Waals surface area contributed by atoms with Gasteiger partial charge in [0.15, 0.2) is 22.9 Å². The van der Waals surface area contributed by atoms with E-state index in [4.69, 9.17) is 13.6 Å². The van der Waals surface area contributed by atoms with Gasteiger partial charge in [-0.15, -0.1) is 0 Å². The van der Waals surface area contributed by atoms with Crippen LogP contribution in [0.4, 0.5) is 11.7 Å². The molecule has 2 aliphatic rings. The molecule has 0 aliphatic carbocycles. The van der Waals surface area contributed by atoms with E-state index in [1.54, 1.807) is 31.7 Å². The van der Waals surface area contributed by atoms with Gasteiger partial charge in [0.05, 0.1) is 19.4 Å². The number of fused-ring (bicyclic) bond motifs is 2. The Bertz CT molecular complexity index is 1190. The van der Waals surface area contributed by atoms with Crippen molar-refractivity contribution in [3.05, 3.63) is 58.9 Å². The summed E-state index contributed by atoms with van der Waals surface area (Å²) in [5.41, 5.74) is 2.70. The summed E-state index contributed by atoms with van der Waals surface area (Å²) in [5, 5.41) is 10.9. The molecule has 3 aromatic rings. The number of pyridine rings is 1. The van der Waals surface area contributed by atoms with Crippen molar-refractivity contribution in [1.29, 1.82) is 0 Å². The smallest absolute Gasteiger partial charge is 0.347 e. The lowest BCUT2D eigenvalue weighted by atomic mass is 10.1. The summed E-state index contributed by atoms with van der Waals surface area (Å²) in [5.74, 6) is 0.951. The van der Waals surface area contributed by atoms with Gasteiger partial charge in [-0.25, -0.2) is 14.8 Å². The van der Waals surface area contributed by atoms with Crippen LogP contribution in [0.25, 0.3) is 11.6 Å². The number of carbonyl (C=O) groups is 1. The molecule has 8 nitrogen and oxygen atoms in total. The number of aliphatic imine (C=N–C) groups is 1. The lowest BCUT2D eigenvalue weighted by Gasteiger charge is -2.26. The molecule has 152 valence electrons. The Morgan fingerprint density at radius 3 is 3.17 bits per heavy atom. The first kappa shape index (κ1) is 18.2. The van der Waals surface area contributed by atoms with E-state index < -0.39 is 5.97 Å². The Morgan fingerprint density at radius 2 is 2.30 bits per heavy atom. The minimum Gasteiger partial charge on any atom is -0.504 e. The highest BCUT2D eigenvalue weighted by atomic mass is 16.5. The number of allylic oxidation sites excluding steroid dienone is 1. The molecule has 0 aromatic carbocycles. The molecule has 0 saturated heterocycles. The fraction of sp³-hybridized carbons (Fsp3) is 0.227. The van der Waals surface area contributed by atoms with Gasteiger partial charge in [0.2, 0.25) is 5.88 Å². The van der Waals surface area contributed by atoms with Gasteiger partial charge in [-0.3, -0.25) is 0 Å². The van der Waals surface area contributed by atoms with Crippen LogP contribution < -0.4 is 4.90 Å². The van der Waals surface area contributed by atoms with Crippen molar-refractivity contribution in [2.24, 2.45) is 4.99 Å². The number of aromatic nitrogens is 1. The van der Waals surface area contributed by atoms with E-state index in [0.717, 1.165) is 28.9 Å². The Hall–Kier alpha value is -3.81. The summed E-state index contributed by atoms with van der Waals surface area (Å²) >= 11 is 0. The maximum absolute atomic E-state index is 12.6. The third-order valence-corrected chi connectivity index (χ3v) is 5.19. The van der Waals surface area contributed by atoms with Crippen LogP contribution in [0, 0.1) is 0 Å². The van der Waals surface area contributed by atoms with E-state index >= 15 is 0 Å². The minimum absolute atomic E-state index is 0.0139. The number of rotatable bonds is 4. The first-order valence-corrected chi connectivity index (χ1v) is 9.70. The molecule has 0 spiro atoms. The van der Waals surface area contributed by atoms with Crippen LogP contribution in [0.5, 0.6) is 5.75 Å². The molecule has 0 amide bonds. The maximum Gasteiger partial charge on any atom is 0.347 e. The Labute approximate surface area is 172 Å². The van der Waals surface area contributed by atoms with Gasteiger partial charge in [-0.05, 0) is 43.2 Å². The predicted molar refractivity (Wildman–Crippen MR) is 110 cm³/mol. The standard InChI is InChI=1S/C22H19N3O5/c1-2-28-22(27)18-19(26)16(10-14-11-24-20-15(14)4-3-7-23-20)30-21(18)25-8-5-13-6-9-29-17(13)12-25/h3-4,6-7,9-11,26H,2,5,8,12H2,1H3. The summed E-state index contributed by atoms with van der Waals surface area (Å²) < 4.78 is 16.7. The van der Waals surface area contributed by atoms with E-state index in [0.29, 0.717) is 18.9 Å². The largest absolute Gasteiger partial charge is 0.504 e. The highest BCUT2D eigenvalue weighted by Crippen LogP contribution is 2.41. The van der Waals surface area contributed by atoms with E-state index in [1.807, 2.05) is 23.1 Å². The molecular formula is C22H19N3O5. The average Bonchev–Trinajstić information content (AvgIpc) is 3.46. The molecule has 0 bridgehead atoms. The summed E-state index contributed by atoms with van der Waals surface area (Å²) in [7, 11) is 0. The number of anilines is 1. The molecule has 0 saturated carbocycles. The zero-order chi connectivity index (χ0) is 20.7. The maximum atomic E-state index is 12.6. The molecule has 30 heavy (non-hydrogen) atoms. The Balaban J connectivity index is 1.57. The number of hydrogen-bond donors (Lipinski definition) is 1. The summed E-state index contributed by atoms with van der Waals surface area (Å²) in [4.78, 5) is 23.0. The first-order chi connectivity index (χ1) is 14.7. The van der Waals surface area contributed by atoms with Gasteiger partial charge in [-0.2, -0.15) is 0 Å². The topological polar surface area (TPSA) is 101 Å². The van der Waals surface area contributed by atoms with Gasteiger partial charge < -0.3 is 23.6 Å². The third kappa shape index (κ3) is 2.97. The van der Waals surface area contributed by atoms with Gasteiger partial charge >= 0.3 is 5.97 Å². The van der Waals surface area contributed by atoms with Crippen LogP contribution in [0.3, 0.4) is 0 Å². The molecule has 0 atom stereocenters. The van der Waals surface area contributed by atoms with Crippen molar-refractivity contribution >= 4 is 35.5 Å². The van der Waals surface area contributed by atoms with E-state index in [2.05, 4.69) is 9.98 Å². The zero-order valence-corrected chi connectivity index (χ0v) is 16.3. The van der Waals surface area contributed by atoms with Crippen molar-refractivity contribution in [1.82, 2.24) is 4.98 Å². The highest BCUT2D eigenvalue weighted by Gasteiger charge is 2.32. The van der Waals surface area contributed by atoms with Crippen LogP contribution >= 0.6 is 0 Å². The second-order valence-electron chi connectivity index (χ2n) is 6.99. The van der Waals surface area contributed by atoms with Gasteiger partial charge in [0.25, 0.3) is 0 Å². The number of nitrogens with zero attached hydrogens (tertiary/aromatic N) is 3. The molecule has 0 fully saturated rings. The number of aromatic hydroxyl groups is 1. The molecule has 2 aliphatic heterocycles. The quantitative estimate of drug-likeness (QED) is 0.655. The normalized spacial score (nSPS) is 16.0. The van der Waals surface area contributed by atoms with Crippen LogP contribution in [0.2, 0.25) is 0 Å². The zero-order valence-electron chi connectivity index (χ0n) is 16.3. The van der Waals surface area contributed by atoms with Crippen molar-refractivity contribution in [3.8, 4) is 5.75 Å². The van der Waals surface area contributed by atoms with Crippen LogP contribution in [-0.4, -0.2) is 35.4 Å². The SMILES string of the molecule is CCOC(=O)c1c(N2CCc3ccoc3C2)oc(C=C2C=Nc3ncccc32)c1O. The summed E-state index contributed by atoms with van der Waals surface area (Å²) in [6.07, 6.45) is 7.37. The summed E-state index contributed by atoms with van der Waals surface area (Å²) in [6, 6.07) is 5.64. The molecule has 8 heteroatoms.